The fourth-order valence-corrected chi connectivity index (χ4v) is 3.90. The molecule has 0 unspecified atom stereocenters. The number of nitrogens with one attached hydrogen (secondary N) is 2. The van der Waals surface area contributed by atoms with E-state index in [2.05, 4.69) is 10.6 Å². The molecule has 37 heavy (non-hydrogen) atoms. The Labute approximate surface area is 214 Å². The van der Waals surface area contributed by atoms with Gasteiger partial charge in [-0.3, -0.25) is 14.8 Å². The summed E-state index contributed by atoms with van der Waals surface area (Å²) in [6.07, 6.45) is 0.681. The largest absolute Gasteiger partial charge is 0.457 e. The summed E-state index contributed by atoms with van der Waals surface area (Å²) in [7, 11) is 0. The maximum Gasteiger partial charge on any atom is 0.341 e. The SMILES string of the molecule is Nc1ccc(CNC(=O)NCC(=O)N2CCCN2c2ccc(F)c(C(=O)OCc3ccccc3)c2)cc1. The van der Waals surface area contributed by atoms with Crippen molar-refractivity contribution in [3.05, 3.63) is 95.3 Å². The summed E-state index contributed by atoms with van der Waals surface area (Å²) in [4.78, 5) is 37.6. The van der Waals surface area contributed by atoms with Crippen LogP contribution in [-0.4, -0.2) is 42.6 Å². The Morgan fingerprint density at radius 2 is 1.68 bits per heavy atom. The first-order valence-corrected chi connectivity index (χ1v) is 11.9. The highest BCUT2D eigenvalue weighted by atomic mass is 19.1. The van der Waals surface area contributed by atoms with Gasteiger partial charge in [0.1, 0.15) is 19.0 Å². The predicted octanol–water partition coefficient (Wildman–Crippen LogP) is 3.22. The Kier molecular flexibility index (Phi) is 8.19. The molecule has 0 aromatic heterocycles. The van der Waals surface area contributed by atoms with Crippen LogP contribution in [0.15, 0.2) is 72.8 Å². The molecule has 0 saturated carbocycles. The molecule has 3 aromatic carbocycles. The number of carbonyl (C=O) groups is 3. The highest BCUT2D eigenvalue weighted by Gasteiger charge is 2.28. The second-order valence-corrected chi connectivity index (χ2v) is 8.50. The van der Waals surface area contributed by atoms with Crippen LogP contribution in [0.2, 0.25) is 0 Å². The maximum absolute atomic E-state index is 14.5. The number of benzene rings is 3. The van der Waals surface area contributed by atoms with Crippen LogP contribution in [0.25, 0.3) is 0 Å². The zero-order valence-electron chi connectivity index (χ0n) is 20.2. The van der Waals surface area contributed by atoms with E-state index in [4.69, 9.17) is 10.5 Å². The van der Waals surface area contributed by atoms with Crippen molar-refractivity contribution in [3.8, 4) is 0 Å². The summed E-state index contributed by atoms with van der Waals surface area (Å²) in [5.74, 6) is -1.84. The van der Waals surface area contributed by atoms with E-state index in [1.165, 1.54) is 23.2 Å². The number of nitrogen functional groups attached to an aromatic ring is 1. The van der Waals surface area contributed by atoms with Crippen LogP contribution in [0.1, 0.15) is 27.9 Å². The molecule has 0 bridgehead atoms. The molecule has 4 N–H and O–H groups in total. The summed E-state index contributed by atoms with van der Waals surface area (Å²) < 4.78 is 19.7. The molecular formula is C27H28FN5O4. The van der Waals surface area contributed by atoms with Gasteiger partial charge in [0.25, 0.3) is 5.91 Å². The standard InChI is InChI=1S/C27H28FN5O4/c28-24-12-11-22(15-23(24)26(35)37-18-20-5-2-1-3-6-20)32-13-4-14-33(32)25(34)17-31-27(36)30-16-19-7-9-21(29)10-8-19/h1-3,5-12,15H,4,13-14,16-18,29H2,(H2,30,31,36). The Morgan fingerprint density at radius 3 is 2.43 bits per heavy atom. The van der Waals surface area contributed by atoms with Gasteiger partial charge in [-0.05, 0) is 47.9 Å². The van der Waals surface area contributed by atoms with Crippen LogP contribution in [0, 0.1) is 5.82 Å². The number of amides is 3. The fourth-order valence-electron chi connectivity index (χ4n) is 3.90. The lowest BCUT2D eigenvalue weighted by Gasteiger charge is -2.30. The third-order valence-electron chi connectivity index (χ3n) is 5.83. The first-order chi connectivity index (χ1) is 17.9. The number of rotatable bonds is 8. The number of urea groups is 1. The zero-order chi connectivity index (χ0) is 26.2. The monoisotopic (exact) mass is 505 g/mol. The van der Waals surface area contributed by atoms with E-state index in [1.54, 1.807) is 41.4 Å². The van der Waals surface area contributed by atoms with Gasteiger partial charge in [0, 0.05) is 25.3 Å². The second-order valence-electron chi connectivity index (χ2n) is 8.50. The van der Waals surface area contributed by atoms with Crippen molar-refractivity contribution in [1.82, 2.24) is 15.6 Å². The van der Waals surface area contributed by atoms with Crippen molar-refractivity contribution in [2.45, 2.75) is 19.6 Å². The third kappa shape index (κ3) is 6.75. The maximum atomic E-state index is 14.5. The third-order valence-corrected chi connectivity index (χ3v) is 5.83. The van der Waals surface area contributed by atoms with Gasteiger partial charge in [-0.25, -0.2) is 14.0 Å². The van der Waals surface area contributed by atoms with Gasteiger partial charge < -0.3 is 21.1 Å². The van der Waals surface area contributed by atoms with Gasteiger partial charge in [0.15, 0.2) is 0 Å². The molecule has 1 fully saturated rings. The van der Waals surface area contributed by atoms with Crippen LogP contribution in [0.3, 0.4) is 0 Å². The molecule has 3 aromatic rings. The number of carbonyl (C=O) groups excluding carboxylic acids is 3. The number of hydrogen-bond donors (Lipinski definition) is 3. The normalized spacial score (nSPS) is 12.8. The Balaban J connectivity index is 1.33. The number of hydrazine groups is 1. The van der Waals surface area contributed by atoms with Crippen molar-refractivity contribution in [3.63, 3.8) is 0 Å². The molecule has 1 aliphatic heterocycles. The Bertz CT molecular complexity index is 1250. The fraction of sp³-hybridized carbons (Fsp3) is 0.222. The molecule has 0 atom stereocenters. The molecule has 10 heteroatoms. The van der Waals surface area contributed by atoms with Crippen LogP contribution >= 0.6 is 0 Å². The summed E-state index contributed by atoms with van der Waals surface area (Å²) >= 11 is 0. The van der Waals surface area contributed by atoms with Crippen molar-refractivity contribution >= 4 is 29.3 Å². The van der Waals surface area contributed by atoms with E-state index in [9.17, 15) is 18.8 Å². The lowest BCUT2D eigenvalue weighted by Crippen LogP contribution is -2.48. The topological polar surface area (TPSA) is 117 Å². The molecular weight excluding hydrogens is 477 g/mol. The summed E-state index contributed by atoms with van der Waals surface area (Å²) in [6, 6.07) is 19.8. The minimum absolute atomic E-state index is 0.0176. The number of halogens is 1. The summed E-state index contributed by atoms with van der Waals surface area (Å²) in [5.41, 5.74) is 8.21. The van der Waals surface area contributed by atoms with E-state index in [0.717, 1.165) is 11.1 Å². The number of ether oxygens (including phenoxy) is 1. The first-order valence-electron chi connectivity index (χ1n) is 11.9. The molecule has 1 heterocycles. The predicted molar refractivity (Wildman–Crippen MR) is 137 cm³/mol. The molecule has 0 radical (unpaired) electrons. The van der Waals surface area contributed by atoms with Crippen molar-refractivity contribution in [2.75, 3.05) is 30.4 Å². The van der Waals surface area contributed by atoms with Gasteiger partial charge in [-0.2, -0.15) is 0 Å². The average molecular weight is 506 g/mol. The van der Waals surface area contributed by atoms with Gasteiger partial charge in [-0.1, -0.05) is 42.5 Å². The quantitative estimate of drug-likeness (QED) is 0.320. The van der Waals surface area contributed by atoms with Crippen molar-refractivity contribution in [1.29, 1.82) is 0 Å². The Morgan fingerprint density at radius 1 is 0.919 bits per heavy atom. The number of hydrogen-bond acceptors (Lipinski definition) is 6. The van der Waals surface area contributed by atoms with E-state index < -0.39 is 17.8 Å². The van der Waals surface area contributed by atoms with E-state index in [0.29, 0.717) is 30.9 Å². The van der Waals surface area contributed by atoms with Gasteiger partial charge in [-0.15, -0.1) is 0 Å². The molecule has 3 amide bonds. The number of nitrogens with two attached hydrogens (primary N) is 1. The van der Waals surface area contributed by atoms with Crippen LogP contribution in [0.4, 0.5) is 20.6 Å². The number of esters is 1. The average Bonchev–Trinajstić information content (AvgIpc) is 3.41. The van der Waals surface area contributed by atoms with Crippen molar-refractivity contribution in [2.24, 2.45) is 0 Å². The molecule has 9 nitrogen and oxygen atoms in total. The van der Waals surface area contributed by atoms with Gasteiger partial charge in [0.05, 0.1) is 11.3 Å². The second kappa shape index (κ2) is 11.9. The van der Waals surface area contributed by atoms with Crippen molar-refractivity contribution < 1.29 is 23.5 Å². The number of nitrogens with zero attached hydrogens (tertiary/aromatic N) is 2. The van der Waals surface area contributed by atoms with Crippen LogP contribution in [-0.2, 0) is 22.7 Å². The molecule has 4 rings (SSSR count). The highest BCUT2D eigenvalue weighted by molar-refractivity contribution is 5.91. The van der Waals surface area contributed by atoms with E-state index >= 15 is 0 Å². The van der Waals surface area contributed by atoms with Crippen LogP contribution < -0.4 is 21.4 Å². The number of anilines is 2. The highest BCUT2D eigenvalue weighted by Crippen LogP contribution is 2.25. The summed E-state index contributed by atoms with van der Waals surface area (Å²) in [5, 5.41) is 8.40. The molecule has 192 valence electrons. The summed E-state index contributed by atoms with van der Waals surface area (Å²) in [6.45, 7) is 1.01. The molecule has 0 spiro atoms. The smallest absolute Gasteiger partial charge is 0.341 e. The lowest BCUT2D eigenvalue weighted by molar-refractivity contribution is -0.129. The molecule has 0 aliphatic carbocycles. The Hall–Kier alpha value is -4.60. The molecule has 1 aliphatic rings. The lowest BCUT2D eigenvalue weighted by atomic mass is 10.2. The first kappa shape index (κ1) is 25.5. The van der Waals surface area contributed by atoms with Crippen LogP contribution in [0.5, 0.6) is 0 Å². The van der Waals surface area contributed by atoms with E-state index in [-0.39, 0.29) is 31.2 Å². The minimum Gasteiger partial charge on any atom is -0.457 e. The molecule has 1 saturated heterocycles. The van der Waals surface area contributed by atoms with Gasteiger partial charge in [0.2, 0.25) is 0 Å². The van der Waals surface area contributed by atoms with E-state index in [1.807, 2.05) is 18.2 Å². The van der Waals surface area contributed by atoms with Gasteiger partial charge >= 0.3 is 12.0 Å². The minimum atomic E-state index is -0.792. The zero-order valence-corrected chi connectivity index (χ0v) is 20.2.